The van der Waals surface area contributed by atoms with E-state index in [4.69, 9.17) is 32.9 Å². The molecule has 38 heavy (non-hydrogen) atoms. The summed E-state index contributed by atoms with van der Waals surface area (Å²) in [5, 5.41) is 8.33. The Morgan fingerprint density at radius 2 is 1.71 bits per heavy atom. The van der Waals surface area contributed by atoms with Crippen LogP contribution in [-0.4, -0.2) is 55.3 Å². The quantitative estimate of drug-likeness (QED) is 0.240. The van der Waals surface area contributed by atoms with E-state index in [0.29, 0.717) is 16.1 Å². The lowest BCUT2D eigenvalue weighted by atomic mass is 10.0. The number of nitrogens with zero attached hydrogens (tertiary/aromatic N) is 3. The van der Waals surface area contributed by atoms with Crippen LogP contribution in [-0.2, 0) is 6.54 Å². The third-order valence-electron chi connectivity index (χ3n) is 7.52. The molecule has 2 fully saturated rings. The van der Waals surface area contributed by atoms with Crippen molar-refractivity contribution in [3.8, 4) is 17.0 Å². The van der Waals surface area contributed by atoms with Crippen molar-refractivity contribution in [3.05, 3.63) is 63.5 Å². The van der Waals surface area contributed by atoms with Crippen LogP contribution in [0.5, 0.6) is 5.75 Å². The highest BCUT2D eigenvalue weighted by Crippen LogP contribution is 2.30. The minimum Gasteiger partial charge on any atom is -0.494 e. The molecule has 0 atom stereocenters. The number of nitrogens with one attached hydrogen (secondary N) is 1. The van der Waals surface area contributed by atoms with Crippen LogP contribution < -0.4 is 15.0 Å². The van der Waals surface area contributed by atoms with Gasteiger partial charge in [-0.3, -0.25) is 4.90 Å². The summed E-state index contributed by atoms with van der Waals surface area (Å²) in [6, 6.07) is 14.9. The van der Waals surface area contributed by atoms with Crippen LogP contribution in [0.1, 0.15) is 50.5 Å². The standard InChI is InChI=1S/C30H38Cl2N4OS/c31-27-11-6-23(20-28(27)32)21-35-17-12-25(13-18-35)33-14-2-5-19-37-26-9-7-24(8-10-26)29-22-38-30(34-29)36-15-3-1-4-16-36/h6-11,20,22,25,33H,1-5,12-19,21H2. The van der Waals surface area contributed by atoms with Crippen LogP contribution in [0, 0.1) is 0 Å². The number of ether oxygens (including phenoxy) is 1. The number of piperidine rings is 2. The van der Waals surface area contributed by atoms with E-state index in [-0.39, 0.29) is 0 Å². The second-order valence-electron chi connectivity index (χ2n) is 10.4. The first kappa shape index (κ1) is 27.7. The maximum atomic E-state index is 6.16. The summed E-state index contributed by atoms with van der Waals surface area (Å²) in [5.74, 6) is 0.933. The number of rotatable bonds is 11. The molecule has 1 N–H and O–H groups in total. The van der Waals surface area contributed by atoms with Gasteiger partial charge in [0.2, 0.25) is 0 Å². The van der Waals surface area contributed by atoms with Gasteiger partial charge < -0.3 is 15.0 Å². The molecule has 5 nitrogen and oxygen atoms in total. The Balaban J connectivity index is 0.945. The summed E-state index contributed by atoms with van der Waals surface area (Å²) in [5.41, 5.74) is 3.45. The molecule has 2 aliphatic rings. The number of hydrogen-bond acceptors (Lipinski definition) is 6. The predicted molar refractivity (Wildman–Crippen MR) is 161 cm³/mol. The highest BCUT2D eigenvalue weighted by atomic mass is 35.5. The van der Waals surface area contributed by atoms with E-state index in [2.05, 4.69) is 50.8 Å². The Bertz CT molecular complexity index is 1140. The molecule has 3 aromatic rings. The van der Waals surface area contributed by atoms with Gasteiger partial charge in [0.1, 0.15) is 5.75 Å². The van der Waals surface area contributed by atoms with E-state index in [1.54, 1.807) is 11.3 Å². The van der Waals surface area contributed by atoms with Gasteiger partial charge >= 0.3 is 0 Å². The van der Waals surface area contributed by atoms with Crippen LogP contribution in [0.2, 0.25) is 10.0 Å². The summed E-state index contributed by atoms with van der Waals surface area (Å²) in [4.78, 5) is 9.80. The zero-order chi connectivity index (χ0) is 26.2. The molecule has 0 saturated carbocycles. The fourth-order valence-corrected chi connectivity index (χ4v) is 6.47. The lowest BCUT2D eigenvalue weighted by molar-refractivity contribution is 0.190. The number of unbranched alkanes of at least 4 members (excludes halogenated alkanes) is 1. The highest BCUT2D eigenvalue weighted by molar-refractivity contribution is 7.14. The van der Waals surface area contributed by atoms with Gasteiger partial charge in [-0.2, -0.15) is 0 Å². The van der Waals surface area contributed by atoms with Crippen molar-refractivity contribution in [3.63, 3.8) is 0 Å². The predicted octanol–water partition coefficient (Wildman–Crippen LogP) is 7.52. The van der Waals surface area contributed by atoms with Crippen LogP contribution in [0.25, 0.3) is 11.3 Å². The molecule has 0 amide bonds. The summed E-state index contributed by atoms with van der Waals surface area (Å²) in [6.07, 6.45) is 8.44. The van der Waals surface area contributed by atoms with E-state index in [9.17, 15) is 0 Å². The molecule has 204 valence electrons. The Labute approximate surface area is 241 Å². The van der Waals surface area contributed by atoms with Gasteiger partial charge in [-0.25, -0.2) is 4.98 Å². The fourth-order valence-electron chi connectivity index (χ4n) is 5.26. The summed E-state index contributed by atoms with van der Waals surface area (Å²) in [6.45, 7) is 7.22. The molecule has 0 unspecified atom stereocenters. The lowest BCUT2D eigenvalue weighted by Gasteiger charge is -2.32. The van der Waals surface area contributed by atoms with Crippen molar-refractivity contribution in [2.24, 2.45) is 0 Å². The van der Waals surface area contributed by atoms with Crippen molar-refractivity contribution < 1.29 is 4.74 Å². The number of likely N-dealkylation sites (tertiary alicyclic amines) is 1. The van der Waals surface area contributed by atoms with Gasteiger partial charge in [0.25, 0.3) is 0 Å². The molecule has 3 heterocycles. The molecule has 0 bridgehead atoms. The second kappa shape index (κ2) is 14.0. The molecular formula is C30H38Cl2N4OS. The SMILES string of the molecule is Clc1ccc(CN2CCC(NCCCCOc3ccc(-c4csc(N5CCCCC5)n4)cc3)CC2)cc1Cl. The van der Waals surface area contributed by atoms with E-state index in [0.717, 1.165) is 80.9 Å². The van der Waals surface area contributed by atoms with E-state index in [1.807, 2.05) is 12.1 Å². The molecule has 1 aromatic heterocycles. The number of hydrogen-bond donors (Lipinski definition) is 1. The smallest absolute Gasteiger partial charge is 0.185 e. The average molecular weight is 574 g/mol. The molecule has 2 aromatic carbocycles. The zero-order valence-corrected chi connectivity index (χ0v) is 24.3. The molecule has 0 radical (unpaired) electrons. The monoisotopic (exact) mass is 572 g/mol. The average Bonchev–Trinajstić information content (AvgIpc) is 3.45. The van der Waals surface area contributed by atoms with E-state index < -0.39 is 0 Å². The van der Waals surface area contributed by atoms with Crippen molar-refractivity contribution >= 4 is 39.7 Å². The van der Waals surface area contributed by atoms with Gasteiger partial charge in [0.05, 0.1) is 22.3 Å². The van der Waals surface area contributed by atoms with Gasteiger partial charge in [-0.15, -0.1) is 11.3 Å². The van der Waals surface area contributed by atoms with Crippen LogP contribution in [0.15, 0.2) is 47.8 Å². The van der Waals surface area contributed by atoms with Crippen molar-refractivity contribution in [2.45, 2.75) is 57.5 Å². The maximum absolute atomic E-state index is 6.16. The van der Waals surface area contributed by atoms with E-state index >= 15 is 0 Å². The van der Waals surface area contributed by atoms with Crippen LogP contribution in [0.4, 0.5) is 5.13 Å². The van der Waals surface area contributed by atoms with Gasteiger partial charge in [0, 0.05) is 36.6 Å². The first-order chi connectivity index (χ1) is 18.6. The molecule has 0 aliphatic carbocycles. The number of anilines is 1. The first-order valence-electron chi connectivity index (χ1n) is 14.0. The van der Waals surface area contributed by atoms with Crippen molar-refractivity contribution in [2.75, 3.05) is 44.2 Å². The van der Waals surface area contributed by atoms with E-state index in [1.165, 1.54) is 37.7 Å². The molecule has 2 saturated heterocycles. The number of aromatic nitrogens is 1. The number of thiazole rings is 1. The highest BCUT2D eigenvalue weighted by Gasteiger charge is 2.19. The maximum Gasteiger partial charge on any atom is 0.185 e. The molecule has 2 aliphatic heterocycles. The van der Waals surface area contributed by atoms with Gasteiger partial charge in [-0.05, 0) is 107 Å². The van der Waals surface area contributed by atoms with Gasteiger partial charge in [0.15, 0.2) is 5.13 Å². The lowest BCUT2D eigenvalue weighted by Crippen LogP contribution is -2.42. The Morgan fingerprint density at radius 3 is 2.47 bits per heavy atom. The minimum atomic E-state index is 0.606. The van der Waals surface area contributed by atoms with Crippen LogP contribution >= 0.6 is 34.5 Å². The number of benzene rings is 2. The fraction of sp³-hybridized carbons (Fsp3) is 0.500. The Kier molecular flexibility index (Phi) is 10.2. The van der Waals surface area contributed by atoms with Crippen molar-refractivity contribution in [1.29, 1.82) is 0 Å². The molecule has 5 rings (SSSR count). The van der Waals surface area contributed by atoms with Gasteiger partial charge in [-0.1, -0.05) is 29.3 Å². The zero-order valence-electron chi connectivity index (χ0n) is 22.0. The van der Waals surface area contributed by atoms with Crippen molar-refractivity contribution in [1.82, 2.24) is 15.2 Å². The molecule has 0 spiro atoms. The molecular weight excluding hydrogens is 535 g/mol. The normalized spacial score (nSPS) is 17.2. The minimum absolute atomic E-state index is 0.606. The Hall–Kier alpha value is -1.83. The second-order valence-corrected chi connectivity index (χ2v) is 12.0. The van der Waals surface area contributed by atoms with Crippen LogP contribution in [0.3, 0.4) is 0 Å². The largest absolute Gasteiger partial charge is 0.494 e. The third-order valence-corrected chi connectivity index (χ3v) is 9.16. The summed E-state index contributed by atoms with van der Waals surface area (Å²) < 4.78 is 6.00. The summed E-state index contributed by atoms with van der Waals surface area (Å²) >= 11 is 14.0. The third kappa shape index (κ3) is 7.86. The summed E-state index contributed by atoms with van der Waals surface area (Å²) in [7, 11) is 0. The first-order valence-corrected chi connectivity index (χ1v) is 15.6. The topological polar surface area (TPSA) is 40.6 Å². The Morgan fingerprint density at radius 1 is 0.921 bits per heavy atom. The molecule has 8 heteroatoms. The number of halogens is 2.